The van der Waals surface area contributed by atoms with Crippen LogP contribution < -0.4 is 0 Å². The van der Waals surface area contributed by atoms with Crippen molar-refractivity contribution in [2.24, 2.45) is 0 Å². The van der Waals surface area contributed by atoms with E-state index >= 15 is 0 Å². The molecule has 0 saturated heterocycles. The molecular weight excluding hydrogens is 245 g/mol. The van der Waals surface area contributed by atoms with Gasteiger partial charge in [0.05, 0.1) is 11.0 Å². The number of benzene rings is 1. The van der Waals surface area contributed by atoms with Crippen molar-refractivity contribution in [2.75, 3.05) is 0 Å². The number of hydrogen-bond acceptors (Lipinski definition) is 1. The van der Waals surface area contributed by atoms with Crippen molar-refractivity contribution in [1.82, 2.24) is 0 Å². The Labute approximate surface area is 102 Å². The number of rotatable bonds is 2. The number of hydrogen-bond donors (Lipinski definition) is 1. The summed E-state index contributed by atoms with van der Waals surface area (Å²) < 4.78 is 37.6. The standard InChI is InChI=1S/C13H13F3O2/c1-8-7-9(13(14,15)16)3-4-10(8)12(11(17)18)5-2-6-12/h3-4,7H,2,5-6H2,1H3,(H,17,18). The van der Waals surface area contributed by atoms with Gasteiger partial charge in [0.25, 0.3) is 0 Å². The first-order valence-electron chi connectivity index (χ1n) is 5.69. The molecule has 0 radical (unpaired) electrons. The molecule has 5 heteroatoms. The number of aliphatic carboxylic acids is 1. The van der Waals surface area contributed by atoms with Crippen LogP contribution in [0.3, 0.4) is 0 Å². The van der Waals surface area contributed by atoms with Gasteiger partial charge in [-0.25, -0.2) is 0 Å². The molecule has 1 saturated carbocycles. The topological polar surface area (TPSA) is 37.3 Å². The van der Waals surface area contributed by atoms with Crippen molar-refractivity contribution >= 4 is 5.97 Å². The summed E-state index contributed by atoms with van der Waals surface area (Å²) in [7, 11) is 0. The Morgan fingerprint density at radius 3 is 2.28 bits per heavy atom. The average molecular weight is 258 g/mol. The molecule has 1 N–H and O–H groups in total. The monoisotopic (exact) mass is 258 g/mol. The van der Waals surface area contributed by atoms with Gasteiger partial charge in [-0.15, -0.1) is 0 Å². The summed E-state index contributed by atoms with van der Waals surface area (Å²) in [6, 6.07) is 3.30. The van der Waals surface area contributed by atoms with Gasteiger partial charge in [-0.05, 0) is 43.0 Å². The maximum atomic E-state index is 12.5. The molecule has 0 aromatic heterocycles. The van der Waals surface area contributed by atoms with Gasteiger partial charge < -0.3 is 5.11 Å². The molecule has 1 aromatic carbocycles. The predicted octanol–water partition coefficient (Wildman–Crippen LogP) is 3.52. The normalized spacial score (nSPS) is 18.2. The highest BCUT2D eigenvalue weighted by Crippen LogP contribution is 2.46. The lowest BCUT2D eigenvalue weighted by molar-refractivity contribution is -0.147. The van der Waals surface area contributed by atoms with Crippen molar-refractivity contribution in [1.29, 1.82) is 0 Å². The van der Waals surface area contributed by atoms with Crippen molar-refractivity contribution in [3.05, 3.63) is 34.9 Å². The highest BCUT2D eigenvalue weighted by atomic mass is 19.4. The number of halogens is 3. The maximum absolute atomic E-state index is 12.5. The SMILES string of the molecule is Cc1cc(C(F)(F)F)ccc1C1(C(=O)O)CCC1. The fraction of sp³-hybridized carbons (Fsp3) is 0.462. The van der Waals surface area contributed by atoms with Crippen LogP contribution in [0.25, 0.3) is 0 Å². The molecule has 2 nitrogen and oxygen atoms in total. The summed E-state index contributed by atoms with van der Waals surface area (Å²) in [5, 5.41) is 9.27. The molecule has 0 spiro atoms. The third-order valence-electron chi connectivity index (χ3n) is 3.69. The summed E-state index contributed by atoms with van der Waals surface area (Å²) in [5.41, 5.74) is -0.807. The van der Waals surface area contributed by atoms with Crippen LogP contribution in [-0.4, -0.2) is 11.1 Å². The third-order valence-corrected chi connectivity index (χ3v) is 3.69. The highest BCUT2D eigenvalue weighted by Gasteiger charge is 2.47. The van der Waals surface area contributed by atoms with E-state index in [0.717, 1.165) is 18.6 Å². The molecule has 98 valence electrons. The van der Waals surface area contributed by atoms with Crippen LogP contribution in [-0.2, 0) is 16.4 Å². The molecule has 1 fully saturated rings. The Bertz CT molecular complexity index is 487. The number of aryl methyl sites for hydroxylation is 1. The Morgan fingerprint density at radius 2 is 1.94 bits per heavy atom. The van der Waals surface area contributed by atoms with Crippen molar-refractivity contribution < 1.29 is 23.1 Å². The lowest BCUT2D eigenvalue weighted by Gasteiger charge is -2.39. The first-order chi connectivity index (χ1) is 8.27. The maximum Gasteiger partial charge on any atom is 0.416 e. The van der Waals surface area contributed by atoms with Crippen LogP contribution in [0.5, 0.6) is 0 Å². The summed E-state index contributed by atoms with van der Waals surface area (Å²) >= 11 is 0. The van der Waals surface area contributed by atoms with E-state index < -0.39 is 23.1 Å². The first-order valence-corrected chi connectivity index (χ1v) is 5.69. The van der Waals surface area contributed by atoms with Crippen molar-refractivity contribution in [3.8, 4) is 0 Å². The molecule has 0 unspecified atom stereocenters. The highest BCUT2D eigenvalue weighted by molar-refractivity contribution is 5.83. The van der Waals surface area contributed by atoms with E-state index in [4.69, 9.17) is 0 Å². The van der Waals surface area contributed by atoms with Gasteiger partial charge >= 0.3 is 12.1 Å². The van der Waals surface area contributed by atoms with Gasteiger partial charge in [-0.1, -0.05) is 12.5 Å². The Hall–Kier alpha value is -1.52. The Kier molecular flexibility index (Phi) is 2.87. The second kappa shape index (κ2) is 4.00. The number of carboxylic acids is 1. The van der Waals surface area contributed by atoms with E-state index in [1.54, 1.807) is 0 Å². The van der Waals surface area contributed by atoms with Crippen LogP contribution in [0.15, 0.2) is 18.2 Å². The largest absolute Gasteiger partial charge is 0.481 e. The zero-order chi connectivity index (χ0) is 13.6. The van der Waals surface area contributed by atoms with E-state index in [1.807, 2.05) is 0 Å². The first kappa shape index (κ1) is 12.9. The number of carboxylic acid groups (broad SMARTS) is 1. The van der Waals surface area contributed by atoms with Gasteiger partial charge in [-0.2, -0.15) is 13.2 Å². The molecule has 1 aliphatic carbocycles. The molecule has 0 amide bonds. The van der Waals surface area contributed by atoms with Crippen molar-refractivity contribution in [3.63, 3.8) is 0 Å². The lowest BCUT2D eigenvalue weighted by atomic mass is 9.63. The van der Waals surface area contributed by atoms with Crippen LogP contribution in [0.1, 0.15) is 36.0 Å². The zero-order valence-corrected chi connectivity index (χ0v) is 9.84. The van der Waals surface area contributed by atoms with Gasteiger partial charge in [0.15, 0.2) is 0 Å². The second-order valence-electron chi connectivity index (χ2n) is 4.77. The molecule has 0 atom stereocenters. The van der Waals surface area contributed by atoms with Crippen LogP contribution >= 0.6 is 0 Å². The smallest absolute Gasteiger partial charge is 0.416 e. The molecule has 1 aromatic rings. The molecule has 0 aliphatic heterocycles. The van der Waals surface area contributed by atoms with Crippen LogP contribution in [0, 0.1) is 6.92 Å². The van der Waals surface area contributed by atoms with E-state index in [9.17, 15) is 23.1 Å². The number of carbonyl (C=O) groups is 1. The fourth-order valence-corrected chi connectivity index (χ4v) is 2.51. The fourth-order valence-electron chi connectivity index (χ4n) is 2.51. The van der Waals surface area contributed by atoms with E-state index in [0.29, 0.717) is 24.0 Å². The minimum atomic E-state index is -4.39. The summed E-state index contributed by atoms with van der Waals surface area (Å²) in [6.07, 6.45) is -2.60. The van der Waals surface area contributed by atoms with Gasteiger partial charge in [0.2, 0.25) is 0 Å². The van der Waals surface area contributed by atoms with Crippen LogP contribution in [0.2, 0.25) is 0 Å². The number of alkyl halides is 3. The lowest BCUT2D eigenvalue weighted by Crippen LogP contribution is -2.42. The Balaban J connectivity index is 2.45. The minimum absolute atomic E-state index is 0.395. The van der Waals surface area contributed by atoms with E-state index in [1.165, 1.54) is 13.0 Å². The molecule has 2 rings (SSSR count). The summed E-state index contributed by atoms with van der Waals surface area (Å²) in [5.74, 6) is -0.948. The minimum Gasteiger partial charge on any atom is -0.481 e. The average Bonchev–Trinajstić information content (AvgIpc) is 2.16. The van der Waals surface area contributed by atoms with Crippen molar-refractivity contribution in [2.45, 2.75) is 37.8 Å². The molecular formula is C13H13F3O2. The van der Waals surface area contributed by atoms with Crippen LogP contribution in [0.4, 0.5) is 13.2 Å². The quantitative estimate of drug-likeness (QED) is 0.881. The second-order valence-corrected chi connectivity index (χ2v) is 4.77. The van der Waals surface area contributed by atoms with E-state index in [2.05, 4.69) is 0 Å². The summed E-state index contributed by atoms with van der Waals surface area (Å²) in [4.78, 5) is 11.3. The molecule has 0 bridgehead atoms. The predicted molar refractivity (Wildman–Crippen MR) is 59.3 cm³/mol. The van der Waals surface area contributed by atoms with E-state index in [-0.39, 0.29) is 0 Å². The molecule has 1 aliphatic rings. The summed E-state index contributed by atoms with van der Waals surface area (Å²) in [6.45, 7) is 1.54. The Morgan fingerprint density at radius 1 is 1.33 bits per heavy atom. The van der Waals surface area contributed by atoms with Gasteiger partial charge in [-0.3, -0.25) is 4.79 Å². The molecule has 18 heavy (non-hydrogen) atoms. The third kappa shape index (κ3) is 1.87. The van der Waals surface area contributed by atoms with Gasteiger partial charge in [0, 0.05) is 0 Å². The molecule has 0 heterocycles. The van der Waals surface area contributed by atoms with Gasteiger partial charge in [0.1, 0.15) is 0 Å². The zero-order valence-electron chi connectivity index (χ0n) is 9.84.